The molecular formula is C14H25N3O3. The number of carbonyl (C=O) groups is 2. The molecule has 2 aliphatic rings. The van der Waals surface area contributed by atoms with Gasteiger partial charge < -0.3 is 20.3 Å². The van der Waals surface area contributed by atoms with Gasteiger partial charge in [-0.1, -0.05) is 6.92 Å². The number of piperidine rings is 1. The van der Waals surface area contributed by atoms with Crippen molar-refractivity contribution in [1.29, 1.82) is 0 Å². The molecule has 0 aromatic rings. The van der Waals surface area contributed by atoms with E-state index in [1.165, 1.54) is 0 Å². The summed E-state index contributed by atoms with van der Waals surface area (Å²) < 4.78 is 5.22. The van der Waals surface area contributed by atoms with Crippen molar-refractivity contribution in [2.24, 2.45) is 5.41 Å². The van der Waals surface area contributed by atoms with Crippen LogP contribution in [0.1, 0.15) is 26.2 Å². The lowest BCUT2D eigenvalue weighted by Crippen LogP contribution is -2.47. The van der Waals surface area contributed by atoms with E-state index >= 15 is 0 Å². The minimum atomic E-state index is -0.284. The van der Waals surface area contributed by atoms with E-state index in [4.69, 9.17) is 4.74 Å². The second-order valence-corrected chi connectivity index (χ2v) is 5.81. The molecule has 114 valence electrons. The van der Waals surface area contributed by atoms with E-state index in [1.807, 2.05) is 11.8 Å². The fourth-order valence-corrected chi connectivity index (χ4v) is 2.67. The van der Waals surface area contributed by atoms with Crippen molar-refractivity contribution >= 4 is 11.8 Å². The highest BCUT2D eigenvalue weighted by Crippen LogP contribution is 2.27. The molecule has 2 N–H and O–H groups in total. The Labute approximate surface area is 120 Å². The van der Waals surface area contributed by atoms with Gasteiger partial charge in [-0.15, -0.1) is 0 Å². The molecule has 0 unspecified atom stereocenters. The van der Waals surface area contributed by atoms with Gasteiger partial charge in [-0.05, 0) is 25.9 Å². The summed E-state index contributed by atoms with van der Waals surface area (Å²) in [5.41, 5.74) is -0.284. The van der Waals surface area contributed by atoms with Crippen LogP contribution < -0.4 is 10.6 Å². The second kappa shape index (κ2) is 7.04. The van der Waals surface area contributed by atoms with Crippen molar-refractivity contribution in [3.8, 4) is 0 Å². The molecule has 0 atom stereocenters. The molecule has 0 radical (unpaired) electrons. The van der Waals surface area contributed by atoms with Gasteiger partial charge in [0.1, 0.15) is 0 Å². The van der Waals surface area contributed by atoms with Crippen molar-refractivity contribution in [3.63, 3.8) is 0 Å². The Hall–Kier alpha value is -1.14. The third kappa shape index (κ3) is 3.93. The van der Waals surface area contributed by atoms with Crippen LogP contribution in [0.3, 0.4) is 0 Å². The SMILES string of the molecule is CC1(C(=O)NCCC(=O)N2CCOCC2)CCNCC1. The third-order valence-corrected chi connectivity index (χ3v) is 4.24. The number of hydrogen-bond donors (Lipinski definition) is 2. The van der Waals surface area contributed by atoms with Gasteiger partial charge in [-0.3, -0.25) is 9.59 Å². The number of nitrogens with zero attached hydrogens (tertiary/aromatic N) is 1. The Morgan fingerprint density at radius 3 is 2.55 bits per heavy atom. The van der Waals surface area contributed by atoms with Crippen molar-refractivity contribution in [3.05, 3.63) is 0 Å². The zero-order valence-corrected chi connectivity index (χ0v) is 12.2. The summed E-state index contributed by atoms with van der Waals surface area (Å²) in [6, 6.07) is 0. The van der Waals surface area contributed by atoms with E-state index in [1.54, 1.807) is 0 Å². The van der Waals surface area contributed by atoms with Gasteiger partial charge in [0, 0.05) is 31.5 Å². The van der Waals surface area contributed by atoms with E-state index < -0.39 is 0 Å². The predicted molar refractivity (Wildman–Crippen MR) is 75.2 cm³/mol. The lowest BCUT2D eigenvalue weighted by atomic mass is 9.80. The lowest BCUT2D eigenvalue weighted by Gasteiger charge is -2.32. The molecule has 2 fully saturated rings. The summed E-state index contributed by atoms with van der Waals surface area (Å²) in [7, 11) is 0. The van der Waals surface area contributed by atoms with Gasteiger partial charge in [0.2, 0.25) is 11.8 Å². The maximum atomic E-state index is 12.2. The highest BCUT2D eigenvalue weighted by Gasteiger charge is 2.34. The van der Waals surface area contributed by atoms with Crippen LogP contribution in [0.5, 0.6) is 0 Å². The molecule has 0 spiro atoms. The molecule has 2 rings (SSSR count). The molecule has 2 heterocycles. The molecule has 20 heavy (non-hydrogen) atoms. The zero-order valence-electron chi connectivity index (χ0n) is 12.2. The van der Waals surface area contributed by atoms with Crippen LogP contribution in [0.25, 0.3) is 0 Å². The van der Waals surface area contributed by atoms with E-state index in [2.05, 4.69) is 10.6 Å². The van der Waals surface area contributed by atoms with Gasteiger partial charge in [-0.25, -0.2) is 0 Å². The van der Waals surface area contributed by atoms with Crippen LogP contribution >= 0.6 is 0 Å². The summed E-state index contributed by atoms with van der Waals surface area (Å²) in [5.74, 6) is 0.179. The van der Waals surface area contributed by atoms with Crippen molar-refractivity contribution in [2.45, 2.75) is 26.2 Å². The third-order valence-electron chi connectivity index (χ3n) is 4.24. The number of nitrogens with one attached hydrogen (secondary N) is 2. The highest BCUT2D eigenvalue weighted by molar-refractivity contribution is 5.83. The first-order valence-corrected chi connectivity index (χ1v) is 7.46. The molecular weight excluding hydrogens is 258 g/mol. The first kappa shape index (κ1) is 15.3. The number of morpholine rings is 1. The van der Waals surface area contributed by atoms with Gasteiger partial charge in [0.15, 0.2) is 0 Å². The largest absolute Gasteiger partial charge is 0.378 e. The topological polar surface area (TPSA) is 70.7 Å². The average Bonchev–Trinajstić information content (AvgIpc) is 2.48. The Balaban J connectivity index is 1.69. The van der Waals surface area contributed by atoms with E-state index in [9.17, 15) is 9.59 Å². The first-order chi connectivity index (χ1) is 9.62. The molecule has 0 bridgehead atoms. The average molecular weight is 283 g/mol. The van der Waals surface area contributed by atoms with Crippen LogP contribution in [0, 0.1) is 5.41 Å². The van der Waals surface area contributed by atoms with E-state index in [0.717, 1.165) is 25.9 Å². The molecule has 0 aromatic heterocycles. The minimum absolute atomic E-state index is 0.0776. The smallest absolute Gasteiger partial charge is 0.226 e. The van der Waals surface area contributed by atoms with Crippen LogP contribution in [-0.2, 0) is 14.3 Å². The van der Waals surface area contributed by atoms with Crippen molar-refractivity contribution in [1.82, 2.24) is 15.5 Å². The maximum Gasteiger partial charge on any atom is 0.226 e. The van der Waals surface area contributed by atoms with Gasteiger partial charge in [0.05, 0.1) is 13.2 Å². The summed E-state index contributed by atoms with van der Waals surface area (Å²) in [4.78, 5) is 25.9. The fourth-order valence-electron chi connectivity index (χ4n) is 2.67. The number of amides is 2. The molecule has 6 nitrogen and oxygen atoms in total. The van der Waals surface area contributed by atoms with Crippen molar-refractivity contribution < 1.29 is 14.3 Å². The Morgan fingerprint density at radius 1 is 1.25 bits per heavy atom. The number of rotatable bonds is 4. The molecule has 6 heteroatoms. The van der Waals surface area contributed by atoms with Crippen LogP contribution in [0.15, 0.2) is 0 Å². The summed E-state index contributed by atoms with van der Waals surface area (Å²) in [5, 5.41) is 6.18. The maximum absolute atomic E-state index is 12.2. The van der Waals surface area contributed by atoms with Crippen molar-refractivity contribution in [2.75, 3.05) is 45.9 Å². The van der Waals surface area contributed by atoms with E-state index in [-0.39, 0.29) is 17.2 Å². The standard InChI is InChI=1S/C14H25N3O3/c1-14(3-6-15-7-4-14)13(19)16-5-2-12(18)17-8-10-20-11-9-17/h15H,2-11H2,1H3,(H,16,19). The highest BCUT2D eigenvalue weighted by atomic mass is 16.5. The van der Waals surface area contributed by atoms with Crippen LogP contribution in [-0.4, -0.2) is 62.7 Å². The monoisotopic (exact) mass is 283 g/mol. The number of carbonyl (C=O) groups excluding carboxylic acids is 2. The normalized spacial score (nSPS) is 22.4. The summed E-state index contributed by atoms with van der Waals surface area (Å²) in [6.45, 7) is 6.76. The summed E-state index contributed by atoms with van der Waals surface area (Å²) in [6.07, 6.45) is 2.09. The molecule has 0 aliphatic carbocycles. The zero-order chi connectivity index (χ0) is 14.4. The Morgan fingerprint density at radius 2 is 1.90 bits per heavy atom. The fraction of sp³-hybridized carbons (Fsp3) is 0.857. The molecule has 0 aromatic carbocycles. The summed E-state index contributed by atoms with van der Waals surface area (Å²) >= 11 is 0. The van der Waals surface area contributed by atoms with Crippen LogP contribution in [0.4, 0.5) is 0 Å². The molecule has 2 amide bonds. The molecule has 2 saturated heterocycles. The minimum Gasteiger partial charge on any atom is -0.378 e. The molecule has 0 saturated carbocycles. The van der Waals surface area contributed by atoms with E-state index in [0.29, 0.717) is 39.3 Å². The predicted octanol–water partition coefficient (Wildman–Crippen LogP) is -0.259. The number of ether oxygens (including phenoxy) is 1. The first-order valence-electron chi connectivity index (χ1n) is 7.46. The Kier molecular flexibility index (Phi) is 5.37. The Bertz CT molecular complexity index is 348. The number of hydrogen-bond acceptors (Lipinski definition) is 4. The van der Waals surface area contributed by atoms with Gasteiger partial charge in [0.25, 0.3) is 0 Å². The van der Waals surface area contributed by atoms with Crippen LogP contribution in [0.2, 0.25) is 0 Å². The van der Waals surface area contributed by atoms with Gasteiger partial charge >= 0.3 is 0 Å². The quantitative estimate of drug-likeness (QED) is 0.746. The van der Waals surface area contributed by atoms with Gasteiger partial charge in [-0.2, -0.15) is 0 Å². The molecule has 2 aliphatic heterocycles. The second-order valence-electron chi connectivity index (χ2n) is 5.81. The lowest BCUT2D eigenvalue weighted by molar-refractivity contribution is -0.135.